The van der Waals surface area contributed by atoms with Gasteiger partial charge >= 0.3 is 0 Å². The third-order valence-corrected chi connectivity index (χ3v) is 4.78. The molecule has 4 rings (SSSR count). The maximum atomic E-state index is 14.1. The van der Waals surface area contributed by atoms with Crippen molar-refractivity contribution in [2.75, 3.05) is 5.73 Å². The topological polar surface area (TPSA) is 108 Å². The number of halogens is 1. The molecule has 0 spiro atoms. The van der Waals surface area contributed by atoms with Gasteiger partial charge in [-0.05, 0) is 61.4 Å². The number of rotatable bonds is 3. The van der Waals surface area contributed by atoms with Gasteiger partial charge in [-0.3, -0.25) is 4.79 Å². The summed E-state index contributed by atoms with van der Waals surface area (Å²) in [7, 11) is 0. The molecule has 0 fully saturated rings. The van der Waals surface area contributed by atoms with E-state index in [0.29, 0.717) is 16.8 Å². The summed E-state index contributed by atoms with van der Waals surface area (Å²) in [5.41, 5.74) is 16.3. The number of nitrogen functional groups attached to an aromatic ring is 1. The standard InChI is InChI=1S/C22H18FN5O/c1-11-5-14(7-15(23)6-11)20-17(9-18(22(25)29)21(24)28-20)13-3-4-19-16(8-13)12(2)26-10-27-19/h3-10H,1-2H3,(H2,24,28)(H2,25,29). The SMILES string of the molecule is Cc1cc(F)cc(-c2nc(N)c(C(N)=O)cc2-c2ccc3ncnc(C)c3c2)c1. The van der Waals surface area contributed by atoms with Crippen molar-refractivity contribution in [1.82, 2.24) is 15.0 Å². The number of benzene rings is 2. The minimum absolute atomic E-state index is 0.00142. The number of hydrogen-bond donors (Lipinski definition) is 2. The van der Waals surface area contributed by atoms with Crippen molar-refractivity contribution in [3.8, 4) is 22.4 Å². The zero-order chi connectivity index (χ0) is 20.7. The number of carbonyl (C=O) groups excluding carboxylic acids is 1. The lowest BCUT2D eigenvalue weighted by atomic mass is 9.95. The molecule has 0 radical (unpaired) electrons. The summed E-state index contributed by atoms with van der Waals surface area (Å²) in [6.45, 7) is 3.69. The van der Waals surface area contributed by atoms with Crippen molar-refractivity contribution < 1.29 is 9.18 Å². The van der Waals surface area contributed by atoms with Crippen LogP contribution in [0.15, 0.2) is 48.8 Å². The monoisotopic (exact) mass is 387 g/mol. The van der Waals surface area contributed by atoms with Crippen LogP contribution >= 0.6 is 0 Å². The highest BCUT2D eigenvalue weighted by Gasteiger charge is 2.18. The Labute approximate surface area is 166 Å². The molecule has 0 saturated carbocycles. The number of pyridine rings is 1. The van der Waals surface area contributed by atoms with Gasteiger partial charge < -0.3 is 11.5 Å². The lowest BCUT2D eigenvalue weighted by Crippen LogP contribution is -2.15. The van der Waals surface area contributed by atoms with Crippen molar-refractivity contribution in [1.29, 1.82) is 0 Å². The second kappa shape index (κ2) is 6.94. The highest BCUT2D eigenvalue weighted by molar-refractivity contribution is 6.00. The molecule has 0 bridgehead atoms. The molecule has 144 valence electrons. The zero-order valence-electron chi connectivity index (χ0n) is 15.9. The second-order valence-electron chi connectivity index (χ2n) is 6.89. The van der Waals surface area contributed by atoms with Gasteiger partial charge in [0, 0.05) is 22.2 Å². The Balaban J connectivity index is 2.04. The molecule has 7 heteroatoms. The summed E-state index contributed by atoms with van der Waals surface area (Å²) in [4.78, 5) is 24.8. The van der Waals surface area contributed by atoms with Gasteiger partial charge in [0.05, 0.1) is 16.8 Å². The molecular weight excluding hydrogens is 369 g/mol. The lowest BCUT2D eigenvalue weighted by molar-refractivity contribution is 0.100. The third kappa shape index (κ3) is 3.38. The van der Waals surface area contributed by atoms with E-state index in [1.54, 1.807) is 13.0 Å². The molecule has 0 aliphatic heterocycles. The van der Waals surface area contributed by atoms with Crippen molar-refractivity contribution >= 4 is 22.6 Å². The Morgan fingerprint density at radius 3 is 2.52 bits per heavy atom. The number of amides is 1. The highest BCUT2D eigenvalue weighted by Crippen LogP contribution is 2.35. The second-order valence-corrected chi connectivity index (χ2v) is 6.89. The van der Waals surface area contributed by atoms with Crippen molar-refractivity contribution in [3.05, 3.63) is 71.4 Å². The number of aromatic nitrogens is 3. The maximum absolute atomic E-state index is 14.1. The summed E-state index contributed by atoms with van der Waals surface area (Å²) in [5, 5.41) is 0.865. The van der Waals surface area contributed by atoms with Crippen LogP contribution in [0.5, 0.6) is 0 Å². The fourth-order valence-corrected chi connectivity index (χ4v) is 3.39. The number of aryl methyl sites for hydroxylation is 2. The minimum atomic E-state index is -0.682. The molecule has 0 aliphatic carbocycles. The molecule has 2 aromatic heterocycles. The Morgan fingerprint density at radius 2 is 1.79 bits per heavy atom. The largest absolute Gasteiger partial charge is 0.383 e. The van der Waals surface area contributed by atoms with Crippen LogP contribution in [-0.4, -0.2) is 20.9 Å². The zero-order valence-corrected chi connectivity index (χ0v) is 15.9. The molecule has 6 nitrogen and oxygen atoms in total. The fraction of sp³-hybridized carbons (Fsp3) is 0.0909. The van der Waals surface area contributed by atoms with Gasteiger partial charge in [-0.1, -0.05) is 6.07 Å². The van der Waals surface area contributed by atoms with Crippen molar-refractivity contribution in [3.63, 3.8) is 0 Å². The van der Waals surface area contributed by atoms with Gasteiger partial charge in [0.15, 0.2) is 0 Å². The quantitative estimate of drug-likeness (QED) is 0.556. The van der Waals surface area contributed by atoms with Crippen LogP contribution in [0, 0.1) is 19.7 Å². The summed E-state index contributed by atoms with van der Waals surface area (Å²) in [6.07, 6.45) is 1.51. The van der Waals surface area contributed by atoms with Gasteiger partial charge in [0.1, 0.15) is 18.0 Å². The van der Waals surface area contributed by atoms with Crippen LogP contribution in [-0.2, 0) is 0 Å². The van der Waals surface area contributed by atoms with Crippen LogP contribution in [0.4, 0.5) is 10.2 Å². The first kappa shape index (κ1) is 18.5. The third-order valence-electron chi connectivity index (χ3n) is 4.78. The Bertz CT molecular complexity index is 1270. The molecule has 0 aliphatic rings. The normalized spacial score (nSPS) is 11.0. The number of hydrogen-bond acceptors (Lipinski definition) is 5. The van der Waals surface area contributed by atoms with Gasteiger partial charge in [0.25, 0.3) is 5.91 Å². The minimum Gasteiger partial charge on any atom is -0.383 e. The van der Waals surface area contributed by atoms with Gasteiger partial charge in [0.2, 0.25) is 0 Å². The van der Waals surface area contributed by atoms with Crippen molar-refractivity contribution in [2.45, 2.75) is 13.8 Å². The van der Waals surface area contributed by atoms with Crippen LogP contribution in [0.2, 0.25) is 0 Å². The van der Waals surface area contributed by atoms with Crippen molar-refractivity contribution in [2.24, 2.45) is 5.73 Å². The number of primary amides is 1. The number of nitrogens with zero attached hydrogens (tertiary/aromatic N) is 3. The van der Waals surface area contributed by atoms with E-state index < -0.39 is 5.91 Å². The van der Waals surface area contributed by atoms with Crippen LogP contribution in [0.1, 0.15) is 21.6 Å². The first-order valence-electron chi connectivity index (χ1n) is 8.93. The summed E-state index contributed by atoms with van der Waals surface area (Å²) in [5.74, 6) is -1.06. The van der Waals surface area contributed by atoms with E-state index in [2.05, 4.69) is 15.0 Å². The number of fused-ring (bicyclic) bond motifs is 1. The highest BCUT2D eigenvalue weighted by atomic mass is 19.1. The molecule has 1 amide bonds. The number of nitrogens with two attached hydrogens (primary N) is 2. The van der Waals surface area contributed by atoms with E-state index in [9.17, 15) is 9.18 Å². The van der Waals surface area contributed by atoms with E-state index >= 15 is 0 Å². The van der Waals surface area contributed by atoms with E-state index in [0.717, 1.165) is 27.7 Å². The summed E-state index contributed by atoms with van der Waals surface area (Å²) >= 11 is 0. The Morgan fingerprint density at radius 1 is 1.00 bits per heavy atom. The molecule has 4 N–H and O–H groups in total. The summed E-state index contributed by atoms with van der Waals surface area (Å²) < 4.78 is 14.1. The molecular formula is C22H18FN5O. The molecule has 2 heterocycles. The van der Waals surface area contributed by atoms with Crippen LogP contribution in [0.3, 0.4) is 0 Å². The number of anilines is 1. The van der Waals surface area contributed by atoms with Gasteiger partial charge in [-0.2, -0.15) is 0 Å². The predicted molar refractivity (Wildman–Crippen MR) is 111 cm³/mol. The molecule has 2 aromatic carbocycles. The first-order valence-corrected chi connectivity index (χ1v) is 8.93. The molecule has 29 heavy (non-hydrogen) atoms. The molecule has 0 unspecified atom stereocenters. The average molecular weight is 387 g/mol. The van der Waals surface area contributed by atoms with E-state index in [1.807, 2.05) is 31.2 Å². The maximum Gasteiger partial charge on any atom is 0.252 e. The van der Waals surface area contributed by atoms with Crippen LogP contribution in [0.25, 0.3) is 33.3 Å². The molecule has 0 atom stereocenters. The van der Waals surface area contributed by atoms with Crippen LogP contribution < -0.4 is 11.5 Å². The van der Waals surface area contributed by atoms with Gasteiger partial charge in [-0.15, -0.1) is 0 Å². The number of carbonyl (C=O) groups is 1. The molecule has 4 aromatic rings. The molecule has 0 saturated heterocycles. The Hall–Kier alpha value is -3.87. The average Bonchev–Trinajstić information content (AvgIpc) is 2.67. The lowest BCUT2D eigenvalue weighted by Gasteiger charge is -2.14. The van der Waals surface area contributed by atoms with E-state index in [1.165, 1.54) is 18.5 Å². The smallest absolute Gasteiger partial charge is 0.252 e. The van der Waals surface area contributed by atoms with Gasteiger partial charge in [-0.25, -0.2) is 19.3 Å². The van der Waals surface area contributed by atoms with E-state index in [4.69, 9.17) is 11.5 Å². The Kier molecular flexibility index (Phi) is 4.43. The summed E-state index contributed by atoms with van der Waals surface area (Å²) in [6, 6.07) is 11.9. The first-order chi connectivity index (χ1) is 13.8. The fourth-order valence-electron chi connectivity index (χ4n) is 3.39. The predicted octanol–water partition coefficient (Wildman–Crippen LogP) is 3.80. The van der Waals surface area contributed by atoms with E-state index in [-0.39, 0.29) is 17.2 Å².